The van der Waals surface area contributed by atoms with Gasteiger partial charge in [0.1, 0.15) is 10.7 Å². The number of hydrogen-bond donors (Lipinski definition) is 1. The zero-order chi connectivity index (χ0) is 16.0. The average molecular weight is 399 g/mol. The fourth-order valence-corrected chi connectivity index (χ4v) is 3.50. The molecule has 0 fully saturated rings. The van der Waals surface area contributed by atoms with E-state index in [1.165, 1.54) is 19.2 Å². The fourth-order valence-electron chi connectivity index (χ4n) is 1.60. The number of methoxy groups -OCH3 is 1. The number of hydrogen-bond acceptors (Lipinski definition) is 4. The van der Waals surface area contributed by atoms with Crippen molar-refractivity contribution in [3.05, 3.63) is 28.5 Å². The van der Waals surface area contributed by atoms with Gasteiger partial charge in [0.05, 0.1) is 11.6 Å². The van der Waals surface area contributed by atoms with Crippen molar-refractivity contribution in [2.45, 2.75) is 11.3 Å². The van der Waals surface area contributed by atoms with E-state index in [0.29, 0.717) is 4.47 Å². The standard InChI is InChI=1S/C12H16BrFN2O3S2/c1-19-7-6-16(5-4-12(15)20)21(17,18)11-3-2-9(13)8-10(11)14/h2-3,8H,4-7H2,1H3,(H2,15,20). The summed E-state index contributed by atoms with van der Waals surface area (Å²) in [6, 6.07) is 3.79. The molecular formula is C12H16BrFN2O3S2. The molecule has 0 atom stereocenters. The van der Waals surface area contributed by atoms with E-state index in [-0.39, 0.29) is 36.0 Å². The third-order valence-corrected chi connectivity index (χ3v) is 5.29. The summed E-state index contributed by atoms with van der Waals surface area (Å²) in [4.78, 5) is -0.186. The van der Waals surface area contributed by atoms with E-state index in [9.17, 15) is 12.8 Å². The van der Waals surface area contributed by atoms with Crippen molar-refractivity contribution in [1.82, 2.24) is 4.31 Å². The SMILES string of the molecule is COCCN(CCC(N)=S)S(=O)(=O)c1ccc(Br)cc1F. The molecule has 0 amide bonds. The summed E-state index contributed by atoms with van der Waals surface area (Å²) in [5.41, 5.74) is 5.40. The molecular weight excluding hydrogens is 383 g/mol. The fraction of sp³-hybridized carbons (Fsp3) is 0.417. The van der Waals surface area contributed by atoms with Crippen molar-refractivity contribution in [3.63, 3.8) is 0 Å². The number of halogens is 2. The molecule has 0 saturated carbocycles. The highest BCUT2D eigenvalue weighted by Crippen LogP contribution is 2.22. The Labute approximate surface area is 137 Å². The van der Waals surface area contributed by atoms with E-state index in [2.05, 4.69) is 15.9 Å². The van der Waals surface area contributed by atoms with Crippen molar-refractivity contribution >= 4 is 43.2 Å². The molecule has 0 radical (unpaired) electrons. The Kier molecular flexibility index (Phi) is 7.14. The first kappa shape index (κ1) is 18.4. The van der Waals surface area contributed by atoms with E-state index in [0.717, 1.165) is 10.4 Å². The average Bonchev–Trinajstić information content (AvgIpc) is 2.37. The lowest BCUT2D eigenvalue weighted by Gasteiger charge is -2.22. The Morgan fingerprint density at radius 1 is 1.48 bits per heavy atom. The van der Waals surface area contributed by atoms with E-state index < -0.39 is 15.8 Å². The number of ether oxygens (including phenoxy) is 1. The van der Waals surface area contributed by atoms with Gasteiger partial charge in [0, 0.05) is 31.1 Å². The van der Waals surface area contributed by atoms with Crippen molar-refractivity contribution in [1.29, 1.82) is 0 Å². The van der Waals surface area contributed by atoms with Gasteiger partial charge in [-0.3, -0.25) is 0 Å². The predicted octanol–water partition coefficient (Wildman–Crippen LogP) is 1.90. The molecule has 0 aromatic heterocycles. The maximum absolute atomic E-state index is 13.9. The molecule has 0 unspecified atom stereocenters. The van der Waals surface area contributed by atoms with Crippen LogP contribution in [0, 0.1) is 5.82 Å². The van der Waals surface area contributed by atoms with Crippen LogP contribution in [-0.2, 0) is 14.8 Å². The van der Waals surface area contributed by atoms with Crippen molar-refractivity contribution in [2.75, 3.05) is 26.8 Å². The maximum atomic E-state index is 13.9. The molecule has 1 rings (SSSR count). The first-order valence-electron chi connectivity index (χ1n) is 6.01. The Bertz CT molecular complexity index is 611. The van der Waals surface area contributed by atoms with Crippen molar-refractivity contribution in [2.24, 2.45) is 5.73 Å². The summed E-state index contributed by atoms with van der Waals surface area (Å²) in [6.45, 7) is 0.363. The number of sulfonamides is 1. The number of rotatable bonds is 8. The van der Waals surface area contributed by atoms with Crippen molar-refractivity contribution in [3.8, 4) is 0 Å². The summed E-state index contributed by atoms with van der Waals surface area (Å²) in [7, 11) is -2.52. The van der Waals surface area contributed by atoms with Crippen LogP contribution >= 0.6 is 28.1 Å². The highest BCUT2D eigenvalue weighted by atomic mass is 79.9. The van der Waals surface area contributed by atoms with E-state index in [1.54, 1.807) is 0 Å². The summed E-state index contributed by atoms with van der Waals surface area (Å²) in [6.07, 6.45) is 0.219. The molecule has 9 heteroatoms. The normalized spacial score (nSPS) is 11.8. The molecule has 1 aromatic rings. The molecule has 1 aromatic carbocycles. The summed E-state index contributed by atoms with van der Waals surface area (Å²) in [5, 5.41) is 0. The Morgan fingerprint density at radius 2 is 2.14 bits per heavy atom. The van der Waals surface area contributed by atoms with E-state index in [1.807, 2.05) is 0 Å². The molecule has 0 aliphatic heterocycles. The largest absolute Gasteiger partial charge is 0.393 e. The van der Waals surface area contributed by atoms with Gasteiger partial charge in [-0.15, -0.1) is 0 Å². The molecule has 118 valence electrons. The Balaban J connectivity index is 3.09. The van der Waals surface area contributed by atoms with E-state index in [4.69, 9.17) is 22.7 Å². The molecule has 0 aliphatic carbocycles. The molecule has 2 N–H and O–H groups in total. The quantitative estimate of drug-likeness (QED) is 0.676. The van der Waals surface area contributed by atoms with Crippen LogP contribution in [0.15, 0.2) is 27.6 Å². The van der Waals surface area contributed by atoms with Crippen LogP contribution in [0.25, 0.3) is 0 Å². The smallest absolute Gasteiger partial charge is 0.246 e. The second-order valence-corrected chi connectivity index (χ2v) is 7.53. The Morgan fingerprint density at radius 3 is 2.67 bits per heavy atom. The Hall–Kier alpha value is -0.610. The summed E-state index contributed by atoms with van der Waals surface area (Å²) >= 11 is 7.84. The van der Waals surface area contributed by atoms with Crippen LogP contribution in [-0.4, -0.2) is 44.5 Å². The lowest BCUT2D eigenvalue weighted by Crippen LogP contribution is -2.36. The molecule has 0 aliphatic rings. The maximum Gasteiger partial charge on any atom is 0.246 e. The molecule has 0 heterocycles. The van der Waals surface area contributed by atoms with Gasteiger partial charge in [0.2, 0.25) is 10.0 Å². The van der Waals surface area contributed by atoms with E-state index >= 15 is 0 Å². The van der Waals surface area contributed by atoms with Gasteiger partial charge in [-0.2, -0.15) is 4.31 Å². The lowest BCUT2D eigenvalue weighted by molar-refractivity contribution is 0.179. The third-order valence-electron chi connectivity index (χ3n) is 2.66. The van der Waals surface area contributed by atoms with Gasteiger partial charge in [-0.25, -0.2) is 12.8 Å². The minimum Gasteiger partial charge on any atom is -0.393 e. The lowest BCUT2D eigenvalue weighted by atomic mass is 10.3. The number of benzene rings is 1. The molecule has 21 heavy (non-hydrogen) atoms. The minimum atomic E-state index is -3.97. The monoisotopic (exact) mass is 398 g/mol. The molecule has 0 bridgehead atoms. The van der Waals surface area contributed by atoms with Gasteiger partial charge < -0.3 is 10.5 Å². The molecule has 0 saturated heterocycles. The predicted molar refractivity (Wildman–Crippen MR) is 86.1 cm³/mol. The number of nitrogens with zero attached hydrogens (tertiary/aromatic N) is 1. The van der Waals surface area contributed by atoms with Gasteiger partial charge in [0.25, 0.3) is 0 Å². The first-order chi connectivity index (χ1) is 9.78. The summed E-state index contributed by atoms with van der Waals surface area (Å²) in [5.74, 6) is -0.817. The zero-order valence-corrected chi connectivity index (χ0v) is 14.6. The second kappa shape index (κ2) is 8.14. The molecule has 5 nitrogen and oxygen atoms in total. The third kappa shape index (κ3) is 5.26. The number of nitrogens with two attached hydrogens (primary N) is 1. The second-order valence-electron chi connectivity index (χ2n) is 4.19. The van der Waals surface area contributed by atoms with Crippen molar-refractivity contribution < 1.29 is 17.5 Å². The highest BCUT2D eigenvalue weighted by molar-refractivity contribution is 9.10. The number of thiocarbonyl (C=S) groups is 1. The summed E-state index contributed by atoms with van der Waals surface area (Å²) < 4.78 is 45.4. The van der Waals surface area contributed by atoms with Gasteiger partial charge in [0.15, 0.2) is 0 Å². The molecule has 0 spiro atoms. The van der Waals surface area contributed by atoms with Gasteiger partial charge in [-0.05, 0) is 18.2 Å². The van der Waals surface area contributed by atoms with Gasteiger partial charge >= 0.3 is 0 Å². The topological polar surface area (TPSA) is 72.6 Å². The zero-order valence-electron chi connectivity index (χ0n) is 11.4. The van der Waals surface area contributed by atoms with Crippen LogP contribution in [0.1, 0.15) is 6.42 Å². The van der Waals surface area contributed by atoms with Gasteiger partial charge in [-0.1, -0.05) is 28.1 Å². The van der Waals surface area contributed by atoms with Crippen LogP contribution < -0.4 is 5.73 Å². The first-order valence-corrected chi connectivity index (χ1v) is 8.65. The van der Waals surface area contributed by atoms with Crippen LogP contribution in [0.4, 0.5) is 4.39 Å². The van der Waals surface area contributed by atoms with Crippen LogP contribution in [0.5, 0.6) is 0 Å². The van der Waals surface area contributed by atoms with Crippen LogP contribution in [0.3, 0.4) is 0 Å². The highest BCUT2D eigenvalue weighted by Gasteiger charge is 2.27. The minimum absolute atomic E-state index is 0.0799. The van der Waals surface area contributed by atoms with Crippen LogP contribution in [0.2, 0.25) is 0 Å².